The van der Waals surface area contributed by atoms with Crippen LogP contribution in [-0.2, 0) is 11.3 Å². The lowest BCUT2D eigenvalue weighted by atomic mass is 9.98. The molecule has 0 spiro atoms. The molecule has 1 saturated heterocycles. The molecule has 0 atom stereocenters. The van der Waals surface area contributed by atoms with Gasteiger partial charge in [-0.05, 0) is 78.4 Å². The molecular weight excluding hydrogens is 436 g/mol. The van der Waals surface area contributed by atoms with Gasteiger partial charge in [0, 0.05) is 55.6 Å². The van der Waals surface area contributed by atoms with Crippen molar-refractivity contribution in [2.45, 2.75) is 26.3 Å². The predicted octanol–water partition coefficient (Wildman–Crippen LogP) is 4.67. The number of nitrogens with zero attached hydrogens (tertiary/aromatic N) is 1. The number of hydrogen-bond donors (Lipinski definition) is 3. The van der Waals surface area contributed by atoms with Crippen LogP contribution in [0.25, 0.3) is 11.1 Å². The number of carbonyl (C=O) groups excluding carboxylic acids is 2. The minimum absolute atomic E-state index is 0.101. The fourth-order valence-corrected chi connectivity index (χ4v) is 4.43. The maximum atomic E-state index is 12.8. The van der Waals surface area contributed by atoms with Crippen molar-refractivity contribution in [2.75, 3.05) is 36.8 Å². The fraction of sp³-hybridized carbons (Fsp3) is 0.310. The van der Waals surface area contributed by atoms with E-state index in [-0.39, 0.29) is 17.7 Å². The first kappa shape index (κ1) is 23.3. The van der Waals surface area contributed by atoms with Gasteiger partial charge in [0.05, 0.1) is 0 Å². The number of benzene rings is 3. The smallest absolute Gasteiger partial charge is 0.255 e. The molecule has 180 valence electrons. The van der Waals surface area contributed by atoms with Crippen LogP contribution in [0.15, 0.2) is 66.7 Å². The molecule has 3 aromatic rings. The van der Waals surface area contributed by atoms with E-state index in [1.807, 2.05) is 61.5 Å². The molecule has 35 heavy (non-hydrogen) atoms. The first-order valence-corrected chi connectivity index (χ1v) is 12.4. The zero-order chi connectivity index (χ0) is 24.2. The van der Waals surface area contributed by atoms with E-state index < -0.39 is 0 Å². The van der Waals surface area contributed by atoms with Crippen molar-refractivity contribution in [1.82, 2.24) is 10.2 Å². The summed E-state index contributed by atoms with van der Waals surface area (Å²) in [6, 6.07) is 21.7. The molecule has 1 saturated carbocycles. The zero-order valence-corrected chi connectivity index (χ0v) is 20.1. The van der Waals surface area contributed by atoms with E-state index in [1.165, 1.54) is 5.56 Å². The Hall–Kier alpha value is -3.48. The van der Waals surface area contributed by atoms with Crippen molar-refractivity contribution in [2.24, 2.45) is 5.92 Å². The number of piperazine rings is 1. The van der Waals surface area contributed by atoms with Crippen molar-refractivity contribution < 1.29 is 9.59 Å². The number of rotatable bonds is 7. The molecule has 0 radical (unpaired) electrons. The summed E-state index contributed by atoms with van der Waals surface area (Å²) in [5, 5.41) is 9.39. The Morgan fingerprint density at radius 1 is 0.886 bits per heavy atom. The van der Waals surface area contributed by atoms with Crippen molar-refractivity contribution in [1.29, 1.82) is 0 Å². The molecule has 2 aliphatic rings. The molecule has 5 rings (SSSR count). The molecule has 0 bridgehead atoms. The van der Waals surface area contributed by atoms with Crippen LogP contribution in [0.3, 0.4) is 0 Å². The van der Waals surface area contributed by atoms with E-state index in [2.05, 4.69) is 33.0 Å². The second-order valence-electron chi connectivity index (χ2n) is 9.55. The average molecular weight is 469 g/mol. The SMILES string of the molecule is Cc1ccc(NC(=O)C2CC2)cc1-c1ccc(C(=O)Nc2ccc(CN3CCNCC3)cc2)cc1. The molecule has 3 aromatic carbocycles. The highest BCUT2D eigenvalue weighted by Gasteiger charge is 2.29. The molecule has 0 unspecified atom stereocenters. The molecular formula is C29H32N4O2. The summed E-state index contributed by atoms with van der Waals surface area (Å²) in [5.74, 6) is 0.137. The van der Waals surface area contributed by atoms with Crippen LogP contribution in [0.1, 0.15) is 34.3 Å². The highest BCUT2D eigenvalue weighted by molar-refractivity contribution is 6.04. The molecule has 6 nitrogen and oxygen atoms in total. The summed E-state index contributed by atoms with van der Waals surface area (Å²) in [6.45, 7) is 7.18. The van der Waals surface area contributed by atoms with E-state index >= 15 is 0 Å². The van der Waals surface area contributed by atoms with E-state index in [0.717, 1.165) is 73.6 Å². The minimum atomic E-state index is -0.131. The third-order valence-corrected chi connectivity index (χ3v) is 6.74. The summed E-state index contributed by atoms with van der Waals surface area (Å²) in [4.78, 5) is 27.4. The van der Waals surface area contributed by atoms with Crippen LogP contribution in [0, 0.1) is 12.8 Å². The van der Waals surface area contributed by atoms with Gasteiger partial charge in [-0.3, -0.25) is 14.5 Å². The lowest BCUT2D eigenvalue weighted by Crippen LogP contribution is -2.42. The Balaban J connectivity index is 1.21. The van der Waals surface area contributed by atoms with Crippen LogP contribution in [0.5, 0.6) is 0 Å². The van der Waals surface area contributed by atoms with Crippen molar-refractivity contribution in [3.8, 4) is 11.1 Å². The molecule has 3 N–H and O–H groups in total. The molecule has 2 amide bonds. The van der Waals surface area contributed by atoms with Gasteiger partial charge in [0.15, 0.2) is 0 Å². The Kier molecular flexibility index (Phi) is 6.93. The van der Waals surface area contributed by atoms with Gasteiger partial charge in [-0.15, -0.1) is 0 Å². The first-order chi connectivity index (χ1) is 17.0. The number of nitrogens with one attached hydrogen (secondary N) is 3. The van der Waals surface area contributed by atoms with Gasteiger partial charge >= 0.3 is 0 Å². The predicted molar refractivity (Wildman–Crippen MR) is 141 cm³/mol. The van der Waals surface area contributed by atoms with Gasteiger partial charge in [-0.2, -0.15) is 0 Å². The molecule has 6 heteroatoms. The van der Waals surface area contributed by atoms with E-state index in [4.69, 9.17) is 0 Å². The average Bonchev–Trinajstić information content (AvgIpc) is 3.73. The first-order valence-electron chi connectivity index (χ1n) is 12.4. The summed E-state index contributed by atoms with van der Waals surface area (Å²) in [5.41, 5.74) is 6.63. The molecule has 0 aromatic heterocycles. The van der Waals surface area contributed by atoms with Gasteiger partial charge in [0.2, 0.25) is 5.91 Å². The van der Waals surface area contributed by atoms with Gasteiger partial charge in [0.1, 0.15) is 0 Å². The Morgan fingerprint density at radius 3 is 2.26 bits per heavy atom. The van der Waals surface area contributed by atoms with Gasteiger partial charge in [0.25, 0.3) is 5.91 Å². The minimum Gasteiger partial charge on any atom is -0.326 e. The monoisotopic (exact) mass is 468 g/mol. The van der Waals surface area contributed by atoms with Crippen LogP contribution in [-0.4, -0.2) is 42.9 Å². The topological polar surface area (TPSA) is 73.5 Å². The largest absolute Gasteiger partial charge is 0.326 e. The van der Waals surface area contributed by atoms with Crippen LogP contribution in [0.2, 0.25) is 0 Å². The summed E-state index contributed by atoms with van der Waals surface area (Å²) >= 11 is 0. The van der Waals surface area contributed by atoms with Crippen molar-refractivity contribution in [3.05, 3.63) is 83.4 Å². The van der Waals surface area contributed by atoms with Gasteiger partial charge in [-0.1, -0.05) is 30.3 Å². The van der Waals surface area contributed by atoms with Crippen LogP contribution >= 0.6 is 0 Å². The lowest BCUT2D eigenvalue weighted by Gasteiger charge is -2.27. The Bertz CT molecular complexity index is 1190. The molecule has 1 aliphatic carbocycles. The standard InChI is InChI=1S/C29H32N4O2/c1-20-2-11-26(32-29(35)24-9-10-24)18-27(20)22-5-7-23(8-6-22)28(34)31-25-12-3-21(4-13-25)19-33-16-14-30-15-17-33/h2-8,11-13,18,24,30H,9-10,14-17,19H2,1H3,(H,31,34)(H,32,35). The van der Waals surface area contributed by atoms with E-state index in [1.54, 1.807) is 0 Å². The van der Waals surface area contributed by atoms with Gasteiger partial charge in [-0.25, -0.2) is 0 Å². The van der Waals surface area contributed by atoms with Crippen LogP contribution < -0.4 is 16.0 Å². The van der Waals surface area contributed by atoms with E-state index in [9.17, 15) is 9.59 Å². The number of amides is 2. The summed E-state index contributed by atoms with van der Waals surface area (Å²) < 4.78 is 0. The lowest BCUT2D eigenvalue weighted by molar-refractivity contribution is -0.117. The highest BCUT2D eigenvalue weighted by atomic mass is 16.2. The third-order valence-electron chi connectivity index (χ3n) is 6.74. The van der Waals surface area contributed by atoms with Crippen molar-refractivity contribution >= 4 is 23.2 Å². The maximum Gasteiger partial charge on any atom is 0.255 e. The Labute approximate surface area is 206 Å². The normalized spacial score (nSPS) is 16.0. The van der Waals surface area contributed by atoms with Gasteiger partial charge < -0.3 is 16.0 Å². The number of anilines is 2. The third kappa shape index (κ3) is 5.96. The number of aryl methyl sites for hydroxylation is 1. The van der Waals surface area contributed by atoms with E-state index in [0.29, 0.717) is 5.56 Å². The number of hydrogen-bond acceptors (Lipinski definition) is 4. The molecule has 1 heterocycles. The highest BCUT2D eigenvalue weighted by Crippen LogP contribution is 2.32. The van der Waals surface area contributed by atoms with Crippen LogP contribution in [0.4, 0.5) is 11.4 Å². The zero-order valence-electron chi connectivity index (χ0n) is 20.1. The molecule has 2 fully saturated rings. The Morgan fingerprint density at radius 2 is 1.57 bits per heavy atom. The number of carbonyl (C=O) groups is 2. The molecule has 1 aliphatic heterocycles. The second-order valence-corrected chi connectivity index (χ2v) is 9.55. The fourth-order valence-electron chi connectivity index (χ4n) is 4.43. The second kappa shape index (κ2) is 10.4. The summed E-state index contributed by atoms with van der Waals surface area (Å²) in [6.07, 6.45) is 1.96. The van der Waals surface area contributed by atoms with Crippen molar-refractivity contribution in [3.63, 3.8) is 0 Å². The maximum absolute atomic E-state index is 12.8. The quantitative estimate of drug-likeness (QED) is 0.471. The summed E-state index contributed by atoms with van der Waals surface area (Å²) in [7, 11) is 0.